The van der Waals surface area contributed by atoms with Gasteiger partial charge in [0.15, 0.2) is 0 Å². The van der Waals surface area contributed by atoms with Crippen molar-refractivity contribution in [1.29, 1.82) is 0 Å². The maximum absolute atomic E-state index is 10.2. The third-order valence-electron chi connectivity index (χ3n) is 1.25. The van der Waals surface area contributed by atoms with Crippen molar-refractivity contribution in [1.82, 2.24) is 0 Å². The lowest BCUT2D eigenvalue weighted by molar-refractivity contribution is -0.303. The molecule has 0 aliphatic heterocycles. The number of carboxylic acid groups (broad SMARTS) is 2. The van der Waals surface area contributed by atoms with Gasteiger partial charge in [0.25, 0.3) is 0 Å². The first-order valence-electron chi connectivity index (χ1n) is 3.31. The first kappa shape index (κ1) is 10.6. The number of aliphatic hydroxyl groups excluding tert-OH is 1. The van der Waals surface area contributed by atoms with E-state index in [4.69, 9.17) is 5.11 Å². The molecule has 0 spiro atoms. The average molecular weight is 172 g/mol. The van der Waals surface area contributed by atoms with Crippen molar-refractivity contribution in [2.45, 2.75) is 19.4 Å². The van der Waals surface area contributed by atoms with Gasteiger partial charge >= 0.3 is 0 Å². The molecule has 0 heterocycles. The van der Waals surface area contributed by atoms with Crippen LogP contribution in [0.15, 0.2) is 11.6 Å². The molecule has 0 amide bonds. The predicted molar refractivity (Wildman–Crippen MR) is 34.4 cm³/mol. The molecule has 0 aliphatic carbocycles. The molecule has 1 N–H and O–H groups in total. The maximum Gasteiger partial charge on any atom is 0.0805 e. The molecule has 0 aromatic carbocycles. The molecule has 5 nitrogen and oxygen atoms in total. The summed E-state index contributed by atoms with van der Waals surface area (Å²) in [5.41, 5.74) is -0.669. The van der Waals surface area contributed by atoms with E-state index in [9.17, 15) is 19.8 Å². The normalized spacial score (nSPS) is 14.0. The Labute approximate surface area is 68.9 Å². The lowest BCUT2D eigenvalue weighted by atomic mass is 10.1. The molecule has 0 aromatic heterocycles. The molecule has 0 aliphatic rings. The Morgan fingerprint density at radius 3 is 2.25 bits per heavy atom. The number of hydrogen-bond acceptors (Lipinski definition) is 5. The van der Waals surface area contributed by atoms with E-state index in [-0.39, 0.29) is 6.42 Å². The van der Waals surface area contributed by atoms with Crippen LogP contribution in [0.25, 0.3) is 0 Å². The van der Waals surface area contributed by atoms with Crippen LogP contribution in [-0.4, -0.2) is 23.1 Å². The van der Waals surface area contributed by atoms with E-state index in [0.29, 0.717) is 6.08 Å². The number of carbonyl (C=O) groups excluding carboxylic acids is 2. The van der Waals surface area contributed by atoms with Crippen LogP contribution in [-0.2, 0) is 9.59 Å². The molecule has 0 fully saturated rings. The summed E-state index contributed by atoms with van der Waals surface area (Å²) in [6.45, 7) is 1.51. The molecule has 0 saturated heterocycles. The van der Waals surface area contributed by atoms with Gasteiger partial charge < -0.3 is 24.9 Å². The molecule has 0 bridgehead atoms. The van der Waals surface area contributed by atoms with E-state index in [0.717, 1.165) is 0 Å². The number of aliphatic carboxylic acids is 2. The highest BCUT2D eigenvalue weighted by atomic mass is 16.4. The van der Waals surface area contributed by atoms with Gasteiger partial charge in [-0.25, -0.2) is 0 Å². The van der Waals surface area contributed by atoms with Crippen molar-refractivity contribution in [3.8, 4) is 0 Å². The number of hydrogen-bond donors (Lipinski definition) is 1. The number of aliphatic hydroxyl groups is 1. The molecular weight excluding hydrogens is 164 g/mol. The minimum absolute atomic E-state index is 0.104. The topological polar surface area (TPSA) is 100 Å². The summed E-state index contributed by atoms with van der Waals surface area (Å²) in [5.74, 6) is -3.37. The zero-order chi connectivity index (χ0) is 9.72. The fraction of sp³-hybridized carbons (Fsp3) is 0.429. The van der Waals surface area contributed by atoms with Gasteiger partial charge in [0, 0.05) is 5.57 Å². The summed E-state index contributed by atoms with van der Waals surface area (Å²) in [4.78, 5) is 20.1. The second-order valence-corrected chi connectivity index (χ2v) is 2.13. The average Bonchev–Trinajstić information content (AvgIpc) is 1.98. The number of carboxylic acids is 2. The van der Waals surface area contributed by atoms with E-state index < -0.39 is 23.6 Å². The van der Waals surface area contributed by atoms with Crippen molar-refractivity contribution in [3.05, 3.63) is 11.6 Å². The van der Waals surface area contributed by atoms with Gasteiger partial charge in [-0.3, -0.25) is 0 Å². The highest BCUT2D eigenvalue weighted by molar-refractivity contribution is 5.93. The largest absolute Gasteiger partial charge is 0.545 e. The number of carbonyl (C=O) groups is 2. The molecule has 12 heavy (non-hydrogen) atoms. The van der Waals surface area contributed by atoms with Crippen molar-refractivity contribution in [2.24, 2.45) is 0 Å². The Hall–Kier alpha value is -1.36. The first-order chi connectivity index (χ1) is 5.49. The van der Waals surface area contributed by atoms with Crippen molar-refractivity contribution >= 4 is 11.9 Å². The second kappa shape index (κ2) is 4.50. The molecule has 68 valence electrons. The molecular formula is C7H8O5-2. The Bertz CT molecular complexity index is 218. The van der Waals surface area contributed by atoms with Crippen molar-refractivity contribution < 1.29 is 24.9 Å². The van der Waals surface area contributed by atoms with Crippen LogP contribution in [0.5, 0.6) is 0 Å². The Balaban J connectivity index is 4.66. The second-order valence-electron chi connectivity index (χ2n) is 2.13. The fourth-order valence-corrected chi connectivity index (χ4v) is 0.638. The van der Waals surface area contributed by atoms with Gasteiger partial charge in [-0.15, -0.1) is 0 Å². The molecule has 1 atom stereocenters. The molecule has 0 saturated carbocycles. The minimum atomic E-state index is -1.70. The lowest BCUT2D eigenvalue weighted by Crippen LogP contribution is -2.33. The molecule has 5 heteroatoms. The molecule has 0 rings (SSSR count). The molecule has 1 unspecified atom stereocenters. The zero-order valence-electron chi connectivity index (χ0n) is 6.44. The summed E-state index contributed by atoms with van der Waals surface area (Å²) >= 11 is 0. The van der Waals surface area contributed by atoms with Crippen molar-refractivity contribution in [3.63, 3.8) is 0 Å². The quantitative estimate of drug-likeness (QED) is 0.461. The lowest BCUT2D eigenvalue weighted by Gasteiger charge is -2.14. The third-order valence-corrected chi connectivity index (χ3v) is 1.25. The monoisotopic (exact) mass is 172 g/mol. The van der Waals surface area contributed by atoms with Crippen molar-refractivity contribution in [2.75, 3.05) is 0 Å². The predicted octanol–water partition coefficient (Wildman–Crippen LogP) is -2.82. The van der Waals surface area contributed by atoms with E-state index in [1.165, 1.54) is 6.92 Å². The van der Waals surface area contributed by atoms with Crippen LogP contribution < -0.4 is 10.2 Å². The Morgan fingerprint density at radius 2 is 2.00 bits per heavy atom. The van der Waals surface area contributed by atoms with Crippen LogP contribution in [0.3, 0.4) is 0 Å². The summed E-state index contributed by atoms with van der Waals surface area (Å²) in [7, 11) is 0. The Kier molecular flexibility index (Phi) is 3.99. The van der Waals surface area contributed by atoms with Gasteiger partial charge in [0.2, 0.25) is 0 Å². The minimum Gasteiger partial charge on any atom is -0.545 e. The van der Waals surface area contributed by atoms with Crippen LogP contribution >= 0.6 is 0 Å². The highest BCUT2D eigenvalue weighted by Gasteiger charge is 2.08. The highest BCUT2D eigenvalue weighted by Crippen LogP contribution is 2.04. The van der Waals surface area contributed by atoms with Gasteiger partial charge in [-0.1, -0.05) is 6.92 Å². The first-order valence-corrected chi connectivity index (χ1v) is 3.31. The summed E-state index contributed by atoms with van der Waals surface area (Å²) < 4.78 is 0. The van der Waals surface area contributed by atoms with Crippen LogP contribution in [0.2, 0.25) is 0 Å². The van der Waals surface area contributed by atoms with Gasteiger partial charge in [0.1, 0.15) is 0 Å². The van der Waals surface area contributed by atoms with Gasteiger partial charge in [0.05, 0.1) is 18.0 Å². The van der Waals surface area contributed by atoms with E-state index in [1.807, 2.05) is 0 Å². The molecule has 0 aromatic rings. The SMILES string of the molecule is CCC(O)/C(=C/C(=O)[O-])C(=O)[O-]. The summed E-state index contributed by atoms with van der Waals surface area (Å²) in [5, 5.41) is 29.1. The van der Waals surface area contributed by atoms with Crippen LogP contribution in [0, 0.1) is 0 Å². The van der Waals surface area contributed by atoms with Gasteiger partial charge in [-0.05, 0) is 12.5 Å². The summed E-state index contributed by atoms with van der Waals surface area (Å²) in [6, 6.07) is 0. The fourth-order valence-electron chi connectivity index (χ4n) is 0.638. The maximum atomic E-state index is 10.2. The van der Waals surface area contributed by atoms with Crippen LogP contribution in [0.1, 0.15) is 13.3 Å². The smallest absolute Gasteiger partial charge is 0.0805 e. The standard InChI is InChI=1S/C7H10O5/c1-2-5(8)4(7(11)12)3-6(9)10/h3,5,8H,2H2,1H3,(H,9,10)(H,11,12)/p-2/b4-3-. The number of rotatable bonds is 4. The van der Waals surface area contributed by atoms with E-state index >= 15 is 0 Å². The van der Waals surface area contributed by atoms with Crippen LogP contribution in [0.4, 0.5) is 0 Å². The summed E-state index contributed by atoms with van der Waals surface area (Å²) in [6.07, 6.45) is -0.899. The molecule has 0 radical (unpaired) electrons. The van der Waals surface area contributed by atoms with E-state index in [2.05, 4.69) is 0 Å². The zero-order valence-corrected chi connectivity index (χ0v) is 6.44. The van der Waals surface area contributed by atoms with E-state index in [1.54, 1.807) is 0 Å². The Morgan fingerprint density at radius 1 is 1.50 bits per heavy atom. The third kappa shape index (κ3) is 3.16. The van der Waals surface area contributed by atoms with Gasteiger partial charge in [-0.2, -0.15) is 0 Å².